The van der Waals surface area contributed by atoms with E-state index in [1.165, 1.54) is 14.2 Å². The minimum atomic E-state index is -0.722. The lowest BCUT2D eigenvalue weighted by atomic mass is 10.2. The summed E-state index contributed by atoms with van der Waals surface area (Å²) in [5, 5.41) is 5.97. The number of benzene rings is 2. The molecule has 3 rings (SSSR count). The first-order valence-electron chi connectivity index (χ1n) is 10.0. The lowest BCUT2D eigenvalue weighted by molar-refractivity contribution is -0.136. The molecule has 1 aliphatic rings. The molecule has 1 heterocycles. The third-order valence-corrected chi connectivity index (χ3v) is 5.38. The van der Waals surface area contributed by atoms with Crippen molar-refractivity contribution in [1.29, 1.82) is 0 Å². The summed E-state index contributed by atoms with van der Waals surface area (Å²) in [5.41, 5.74) is 1.61. The molecule has 1 aliphatic heterocycles. The number of rotatable bonds is 7. The number of nitrogens with one attached hydrogen (secondary N) is 2. The Morgan fingerprint density at radius 1 is 0.935 bits per heavy atom. The fourth-order valence-corrected chi connectivity index (χ4v) is 3.52. The molecule has 9 heteroatoms. The van der Waals surface area contributed by atoms with E-state index in [1.807, 2.05) is 24.3 Å². The number of nitrogens with zero attached hydrogens (tertiary/aromatic N) is 2. The number of carbonyl (C=O) groups is 2. The molecule has 2 aromatic carbocycles. The van der Waals surface area contributed by atoms with Gasteiger partial charge in [-0.3, -0.25) is 14.5 Å². The molecule has 2 aromatic rings. The van der Waals surface area contributed by atoms with Gasteiger partial charge in [-0.05, 0) is 36.4 Å². The molecule has 0 saturated carbocycles. The Balaban J connectivity index is 1.39. The highest BCUT2D eigenvalue weighted by Gasteiger charge is 2.18. The standard InChI is InChI=1S/C22H27ClN4O4/c1-30-19-8-5-17(15-20(19)31-2)25-22(29)21(28)24-9-10-26-11-13-27(14-12-26)18-6-3-16(23)4-7-18/h3-8,15H,9-14H2,1-2H3,(H,24,28)(H,25,29). The molecule has 0 unspecified atom stereocenters. The van der Waals surface area contributed by atoms with Crippen LogP contribution in [0.4, 0.5) is 11.4 Å². The molecular formula is C22H27ClN4O4. The number of anilines is 2. The molecule has 8 nitrogen and oxygen atoms in total. The summed E-state index contributed by atoms with van der Waals surface area (Å²) < 4.78 is 10.4. The van der Waals surface area contributed by atoms with Gasteiger partial charge in [0.2, 0.25) is 0 Å². The van der Waals surface area contributed by atoms with Crippen LogP contribution in [-0.2, 0) is 9.59 Å². The Hall–Kier alpha value is -2.97. The van der Waals surface area contributed by atoms with Crippen LogP contribution in [0.15, 0.2) is 42.5 Å². The number of piperazine rings is 1. The number of hydrogen-bond acceptors (Lipinski definition) is 6. The minimum Gasteiger partial charge on any atom is -0.493 e. The quantitative estimate of drug-likeness (QED) is 0.635. The zero-order valence-electron chi connectivity index (χ0n) is 17.7. The first-order chi connectivity index (χ1) is 15.0. The van der Waals surface area contributed by atoms with Crippen LogP contribution >= 0.6 is 11.6 Å². The SMILES string of the molecule is COc1ccc(NC(=O)C(=O)NCCN2CCN(c3ccc(Cl)cc3)CC2)cc1OC. The molecule has 1 fully saturated rings. The molecule has 0 spiro atoms. The fourth-order valence-electron chi connectivity index (χ4n) is 3.39. The van der Waals surface area contributed by atoms with Crippen molar-refractivity contribution in [1.82, 2.24) is 10.2 Å². The Bertz CT molecular complexity index is 899. The van der Waals surface area contributed by atoms with Gasteiger partial charge in [0.1, 0.15) is 0 Å². The third-order valence-electron chi connectivity index (χ3n) is 5.13. The maximum atomic E-state index is 12.1. The highest BCUT2D eigenvalue weighted by molar-refractivity contribution is 6.39. The minimum absolute atomic E-state index is 0.402. The molecule has 166 valence electrons. The van der Waals surface area contributed by atoms with Crippen molar-refractivity contribution in [3.63, 3.8) is 0 Å². The van der Waals surface area contributed by atoms with Gasteiger partial charge in [-0.2, -0.15) is 0 Å². The number of halogens is 1. The summed E-state index contributed by atoms with van der Waals surface area (Å²) in [6.07, 6.45) is 0. The lowest BCUT2D eigenvalue weighted by Gasteiger charge is -2.36. The van der Waals surface area contributed by atoms with Crippen molar-refractivity contribution in [3.05, 3.63) is 47.5 Å². The second-order valence-electron chi connectivity index (χ2n) is 7.08. The number of hydrogen-bond donors (Lipinski definition) is 2. The second kappa shape index (κ2) is 10.9. The maximum Gasteiger partial charge on any atom is 0.313 e. The normalized spacial score (nSPS) is 14.1. The predicted molar refractivity (Wildman–Crippen MR) is 121 cm³/mol. The molecule has 0 aliphatic carbocycles. The van der Waals surface area contributed by atoms with Gasteiger partial charge in [0.05, 0.1) is 14.2 Å². The largest absolute Gasteiger partial charge is 0.493 e. The highest BCUT2D eigenvalue weighted by Crippen LogP contribution is 2.29. The average molecular weight is 447 g/mol. The Kier molecular flexibility index (Phi) is 7.97. The molecule has 31 heavy (non-hydrogen) atoms. The van der Waals surface area contributed by atoms with Gasteiger partial charge < -0.3 is 25.0 Å². The molecule has 0 aromatic heterocycles. The average Bonchev–Trinajstić information content (AvgIpc) is 2.80. The molecule has 2 amide bonds. The van der Waals surface area contributed by atoms with Crippen LogP contribution in [-0.4, -0.2) is 70.2 Å². The third kappa shape index (κ3) is 6.26. The smallest absolute Gasteiger partial charge is 0.313 e. The van der Waals surface area contributed by atoms with Crippen LogP contribution in [0.3, 0.4) is 0 Å². The molecule has 0 radical (unpaired) electrons. The molecule has 0 bridgehead atoms. The van der Waals surface area contributed by atoms with Gasteiger partial charge in [-0.15, -0.1) is 0 Å². The van der Waals surface area contributed by atoms with Gasteiger partial charge in [0.25, 0.3) is 0 Å². The van der Waals surface area contributed by atoms with Crippen LogP contribution in [0.25, 0.3) is 0 Å². The predicted octanol–water partition coefficient (Wildman–Crippen LogP) is 2.23. The summed E-state index contributed by atoms with van der Waals surface area (Å²) in [7, 11) is 3.03. The van der Waals surface area contributed by atoms with Crippen molar-refractivity contribution >= 4 is 34.8 Å². The van der Waals surface area contributed by atoms with Crippen LogP contribution in [0.1, 0.15) is 0 Å². The molecule has 0 atom stereocenters. The molecular weight excluding hydrogens is 420 g/mol. The van der Waals surface area contributed by atoms with E-state index >= 15 is 0 Å². The Morgan fingerprint density at radius 2 is 1.61 bits per heavy atom. The summed E-state index contributed by atoms with van der Waals surface area (Å²) in [6, 6.07) is 12.7. The molecule has 1 saturated heterocycles. The molecule has 2 N–H and O–H groups in total. The Morgan fingerprint density at radius 3 is 2.26 bits per heavy atom. The van der Waals surface area contributed by atoms with Gasteiger partial charge in [-0.1, -0.05) is 11.6 Å². The first kappa shape index (κ1) is 22.7. The van der Waals surface area contributed by atoms with Crippen molar-refractivity contribution in [3.8, 4) is 11.5 Å². The van der Waals surface area contributed by atoms with E-state index in [9.17, 15) is 9.59 Å². The highest BCUT2D eigenvalue weighted by atomic mass is 35.5. The van der Waals surface area contributed by atoms with Gasteiger partial charge in [0.15, 0.2) is 11.5 Å². The van der Waals surface area contributed by atoms with E-state index in [0.29, 0.717) is 30.3 Å². The summed E-state index contributed by atoms with van der Waals surface area (Å²) >= 11 is 5.95. The lowest BCUT2D eigenvalue weighted by Crippen LogP contribution is -2.49. The number of carbonyl (C=O) groups excluding carboxylic acids is 2. The van der Waals surface area contributed by atoms with Crippen molar-refractivity contribution in [2.24, 2.45) is 0 Å². The number of amides is 2. The van der Waals surface area contributed by atoms with Crippen LogP contribution < -0.4 is 25.0 Å². The van der Waals surface area contributed by atoms with E-state index in [0.717, 1.165) is 36.9 Å². The number of ether oxygens (including phenoxy) is 2. The van der Waals surface area contributed by atoms with E-state index in [2.05, 4.69) is 20.4 Å². The van der Waals surface area contributed by atoms with E-state index < -0.39 is 11.8 Å². The topological polar surface area (TPSA) is 83.1 Å². The van der Waals surface area contributed by atoms with Crippen LogP contribution in [0.5, 0.6) is 11.5 Å². The summed E-state index contributed by atoms with van der Waals surface area (Å²) in [6.45, 7) is 4.65. The summed E-state index contributed by atoms with van der Waals surface area (Å²) in [5.74, 6) is -0.381. The van der Waals surface area contributed by atoms with Crippen LogP contribution in [0, 0.1) is 0 Å². The zero-order chi connectivity index (χ0) is 22.2. The van der Waals surface area contributed by atoms with Gasteiger partial charge in [-0.25, -0.2) is 0 Å². The first-order valence-corrected chi connectivity index (χ1v) is 10.4. The van der Waals surface area contributed by atoms with Crippen LogP contribution in [0.2, 0.25) is 5.02 Å². The van der Waals surface area contributed by atoms with Crippen molar-refractivity contribution < 1.29 is 19.1 Å². The van der Waals surface area contributed by atoms with E-state index in [4.69, 9.17) is 21.1 Å². The van der Waals surface area contributed by atoms with E-state index in [1.54, 1.807) is 18.2 Å². The van der Waals surface area contributed by atoms with E-state index in [-0.39, 0.29) is 0 Å². The fraction of sp³-hybridized carbons (Fsp3) is 0.364. The van der Waals surface area contributed by atoms with Gasteiger partial charge >= 0.3 is 11.8 Å². The van der Waals surface area contributed by atoms with Gasteiger partial charge in [0, 0.05) is 61.7 Å². The summed E-state index contributed by atoms with van der Waals surface area (Å²) in [4.78, 5) is 28.8. The van der Waals surface area contributed by atoms with Crippen molar-refractivity contribution in [2.45, 2.75) is 0 Å². The second-order valence-corrected chi connectivity index (χ2v) is 7.52. The number of methoxy groups -OCH3 is 2. The van der Waals surface area contributed by atoms with Crippen molar-refractivity contribution in [2.75, 3.05) is 63.7 Å². The Labute approximate surface area is 187 Å². The zero-order valence-corrected chi connectivity index (χ0v) is 18.4. The monoisotopic (exact) mass is 446 g/mol. The maximum absolute atomic E-state index is 12.1.